The molecule has 2 aliphatic heterocycles. The van der Waals surface area contributed by atoms with E-state index in [4.69, 9.17) is 4.74 Å². The summed E-state index contributed by atoms with van der Waals surface area (Å²) >= 11 is 0. The van der Waals surface area contributed by atoms with Crippen LogP contribution in [0.3, 0.4) is 0 Å². The van der Waals surface area contributed by atoms with Crippen molar-refractivity contribution < 1.29 is 9.53 Å². The third kappa shape index (κ3) is 3.39. The molecule has 6 heteroatoms. The number of carbonyl (C=O) groups excluding carboxylic acids is 1. The maximum absolute atomic E-state index is 12.7. The van der Waals surface area contributed by atoms with Gasteiger partial charge in [-0.15, -0.1) is 0 Å². The average Bonchev–Trinajstić information content (AvgIpc) is 2.70. The zero-order valence-corrected chi connectivity index (χ0v) is 14.2. The molecule has 0 aliphatic carbocycles. The first kappa shape index (κ1) is 16.1. The van der Waals surface area contributed by atoms with Crippen LogP contribution in [-0.2, 0) is 4.74 Å². The molecular formula is C19H22N4O2. The molecule has 0 N–H and O–H groups in total. The van der Waals surface area contributed by atoms with E-state index in [2.05, 4.69) is 15.0 Å². The summed E-state index contributed by atoms with van der Waals surface area (Å²) in [5, 5.41) is 0. The number of aromatic nitrogens is 3. The lowest BCUT2D eigenvalue weighted by Crippen LogP contribution is -2.49. The SMILES string of the molecule is O=C(c1cnc(-c2ccccn2)nc1)N1CCC2(CCCCO2)CC1. The van der Waals surface area contributed by atoms with Crippen LogP contribution in [0.2, 0.25) is 0 Å². The van der Waals surface area contributed by atoms with E-state index in [1.807, 2.05) is 23.1 Å². The van der Waals surface area contributed by atoms with Crippen molar-refractivity contribution in [3.05, 3.63) is 42.4 Å². The minimum atomic E-state index is -0.00164. The number of carbonyl (C=O) groups is 1. The number of hydrogen-bond donors (Lipinski definition) is 0. The Balaban J connectivity index is 1.41. The second-order valence-corrected chi connectivity index (χ2v) is 6.79. The predicted molar refractivity (Wildman–Crippen MR) is 92.9 cm³/mol. The summed E-state index contributed by atoms with van der Waals surface area (Å²) in [6, 6.07) is 5.59. The van der Waals surface area contributed by atoms with Gasteiger partial charge < -0.3 is 9.64 Å². The lowest BCUT2D eigenvalue weighted by molar-refractivity contribution is -0.107. The van der Waals surface area contributed by atoms with Gasteiger partial charge in [0.2, 0.25) is 0 Å². The van der Waals surface area contributed by atoms with E-state index in [0.29, 0.717) is 17.1 Å². The first-order valence-electron chi connectivity index (χ1n) is 8.93. The van der Waals surface area contributed by atoms with Gasteiger partial charge in [0.1, 0.15) is 5.69 Å². The maximum atomic E-state index is 12.7. The fourth-order valence-corrected chi connectivity index (χ4v) is 3.67. The van der Waals surface area contributed by atoms with Crippen molar-refractivity contribution in [1.82, 2.24) is 19.9 Å². The molecule has 0 aromatic carbocycles. The largest absolute Gasteiger partial charge is 0.375 e. The number of piperidine rings is 1. The van der Waals surface area contributed by atoms with Gasteiger partial charge in [0.25, 0.3) is 5.91 Å². The van der Waals surface area contributed by atoms with Crippen molar-refractivity contribution in [1.29, 1.82) is 0 Å². The highest BCUT2D eigenvalue weighted by Crippen LogP contribution is 2.35. The smallest absolute Gasteiger partial charge is 0.256 e. The molecule has 4 heterocycles. The fraction of sp³-hybridized carbons (Fsp3) is 0.474. The Morgan fingerprint density at radius 2 is 1.84 bits per heavy atom. The van der Waals surface area contributed by atoms with Gasteiger partial charge >= 0.3 is 0 Å². The molecule has 4 rings (SSSR count). The summed E-state index contributed by atoms with van der Waals surface area (Å²) in [6.07, 6.45) is 10.3. The number of ether oxygens (including phenoxy) is 1. The molecule has 2 aromatic heterocycles. The zero-order chi connectivity index (χ0) is 17.1. The third-order valence-electron chi connectivity index (χ3n) is 5.19. The normalized spacial score (nSPS) is 19.8. The Kier molecular flexibility index (Phi) is 4.44. The number of rotatable bonds is 2. The van der Waals surface area contributed by atoms with Gasteiger partial charge in [-0.3, -0.25) is 9.78 Å². The molecule has 0 atom stereocenters. The minimum Gasteiger partial charge on any atom is -0.375 e. The Labute approximate surface area is 147 Å². The van der Waals surface area contributed by atoms with E-state index in [1.165, 1.54) is 6.42 Å². The summed E-state index contributed by atoms with van der Waals surface area (Å²) in [7, 11) is 0. The first-order valence-corrected chi connectivity index (χ1v) is 8.93. The Morgan fingerprint density at radius 1 is 1.04 bits per heavy atom. The molecule has 6 nitrogen and oxygen atoms in total. The van der Waals surface area contributed by atoms with Gasteiger partial charge in [0, 0.05) is 38.3 Å². The van der Waals surface area contributed by atoms with Crippen LogP contribution in [-0.4, -0.2) is 51.1 Å². The van der Waals surface area contributed by atoms with Crippen molar-refractivity contribution >= 4 is 5.91 Å². The summed E-state index contributed by atoms with van der Waals surface area (Å²) < 4.78 is 6.04. The van der Waals surface area contributed by atoms with Crippen LogP contribution in [0.4, 0.5) is 0 Å². The van der Waals surface area contributed by atoms with Crippen LogP contribution < -0.4 is 0 Å². The molecule has 25 heavy (non-hydrogen) atoms. The minimum absolute atomic E-state index is 0.00164. The van der Waals surface area contributed by atoms with E-state index in [0.717, 1.165) is 45.4 Å². The molecule has 0 bridgehead atoms. The van der Waals surface area contributed by atoms with Crippen LogP contribution in [0.5, 0.6) is 0 Å². The quantitative estimate of drug-likeness (QED) is 0.842. The second-order valence-electron chi connectivity index (χ2n) is 6.79. The highest BCUT2D eigenvalue weighted by molar-refractivity contribution is 5.93. The number of hydrogen-bond acceptors (Lipinski definition) is 5. The van der Waals surface area contributed by atoms with Crippen molar-refractivity contribution in [2.75, 3.05) is 19.7 Å². The first-order chi connectivity index (χ1) is 12.3. The topological polar surface area (TPSA) is 68.2 Å². The summed E-state index contributed by atoms with van der Waals surface area (Å²) in [5.41, 5.74) is 1.24. The average molecular weight is 338 g/mol. The summed E-state index contributed by atoms with van der Waals surface area (Å²) in [6.45, 7) is 2.33. The molecule has 2 aliphatic rings. The van der Waals surface area contributed by atoms with E-state index in [-0.39, 0.29) is 11.5 Å². The standard InChI is InChI=1S/C19H22N4O2/c24-18(23-10-7-19(8-11-23)6-2-4-12-25-19)15-13-21-17(22-14-15)16-5-1-3-9-20-16/h1,3,5,9,13-14H,2,4,6-8,10-12H2. The highest BCUT2D eigenvalue weighted by Gasteiger charge is 2.38. The lowest BCUT2D eigenvalue weighted by atomic mass is 9.84. The van der Waals surface area contributed by atoms with E-state index >= 15 is 0 Å². The number of pyridine rings is 1. The Bertz CT molecular complexity index is 717. The van der Waals surface area contributed by atoms with Crippen molar-refractivity contribution in [3.8, 4) is 11.5 Å². The number of likely N-dealkylation sites (tertiary alicyclic amines) is 1. The van der Waals surface area contributed by atoms with E-state index < -0.39 is 0 Å². The monoisotopic (exact) mass is 338 g/mol. The Hall–Kier alpha value is -2.34. The van der Waals surface area contributed by atoms with Crippen molar-refractivity contribution in [2.45, 2.75) is 37.7 Å². The second kappa shape index (κ2) is 6.88. The van der Waals surface area contributed by atoms with Gasteiger partial charge in [-0.1, -0.05) is 6.07 Å². The maximum Gasteiger partial charge on any atom is 0.256 e. The molecular weight excluding hydrogens is 316 g/mol. The van der Waals surface area contributed by atoms with E-state index in [9.17, 15) is 4.79 Å². The molecule has 0 radical (unpaired) electrons. The van der Waals surface area contributed by atoms with Crippen molar-refractivity contribution in [3.63, 3.8) is 0 Å². The van der Waals surface area contributed by atoms with Crippen molar-refractivity contribution in [2.24, 2.45) is 0 Å². The van der Waals surface area contributed by atoms with Gasteiger partial charge in [0.15, 0.2) is 5.82 Å². The molecule has 2 aromatic rings. The van der Waals surface area contributed by atoms with Crippen LogP contribution in [0.25, 0.3) is 11.5 Å². The predicted octanol–water partition coefficient (Wildman–Crippen LogP) is 2.71. The van der Waals surface area contributed by atoms with Crippen LogP contribution in [0.1, 0.15) is 42.5 Å². The van der Waals surface area contributed by atoms with Crippen LogP contribution in [0, 0.1) is 0 Å². The Morgan fingerprint density at radius 3 is 2.48 bits per heavy atom. The van der Waals surface area contributed by atoms with Gasteiger partial charge in [-0.05, 0) is 44.2 Å². The summed E-state index contributed by atoms with van der Waals surface area (Å²) in [4.78, 5) is 27.4. The summed E-state index contributed by atoms with van der Waals surface area (Å²) in [5.74, 6) is 0.531. The molecule has 1 amide bonds. The van der Waals surface area contributed by atoms with Gasteiger partial charge in [-0.2, -0.15) is 0 Å². The number of nitrogens with zero attached hydrogens (tertiary/aromatic N) is 4. The molecule has 1 spiro atoms. The number of amides is 1. The molecule has 130 valence electrons. The lowest BCUT2D eigenvalue weighted by Gasteiger charge is -2.43. The zero-order valence-electron chi connectivity index (χ0n) is 14.2. The molecule has 2 saturated heterocycles. The van der Waals surface area contributed by atoms with E-state index in [1.54, 1.807) is 18.6 Å². The van der Waals surface area contributed by atoms with Gasteiger partial charge in [-0.25, -0.2) is 9.97 Å². The molecule has 0 saturated carbocycles. The highest BCUT2D eigenvalue weighted by atomic mass is 16.5. The van der Waals surface area contributed by atoms with Crippen LogP contribution >= 0.6 is 0 Å². The fourth-order valence-electron chi connectivity index (χ4n) is 3.67. The third-order valence-corrected chi connectivity index (χ3v) is 5.19. The molecule has 2 fully saturated rings. The van der Waals surface area contributed by atoms with Gasteiger partial charge in [0.05, 0.1) is 11.2 Å². The molecule has 0 unspecified atom stereocenters. The van der Waals surface area contributed by atoms with Crippen LogP contribution in [0.15, 0.2) is 36.8 Å².